The number of aliphatic hydroxyl groups excluding tert-OH is 1. The van der Waals surface area contributed by atoms with Gasteiger partial charge in [0.25, 0.3) is 0 Å². The molecule has 0 bridgehead atoms. The number of carbonyl (C=O) groups excluding carboxylic acids is 1. The van der Waals surface area contributed by atoms with Crippen LogP contribution in [0.2, 0.25) is 0 Å². The van der Waals surface area contributed by atoms with E-state index in [2.05, 4.69) is 29.4 Å². The van der Waals surface area contributed by atoms with Crippen LogP contribution in [0.5, 0.6) is 0 Å². The minimum Gasteiger partial charge on any atom is -0.392 e. The van der Waals surface area contributed by atoms with Crippen molar-refractivity contribution in [3.63, 3.8) is 0 Å². The van der Waals surface area contributed by atoms with Crippen molar-refractivity contribution < 1.29 is 9.90 Å². The third kappa shape index (κ3) is 4.10. The minimum absolute atomic E-state index is 0.0692. The zero-order chi connectivity index (χ0) is 17.9. The molecule has 0 radical (unpaired) electrons. The highest BCUT2D eigenvalue weighted by Gasteiger charge is 2.42. The van der Waals surface area contributed by atoms with Gasteiger partial charge in [-0.15, -0.1) is 0 Å². The molecule has 3 fully saturated rings. The first kappa shape index (κ1) is 18.5. The number of likely N-dealkylation sites (tertiary alicyclic amines) is 1. The van der Waals surface area contributed by atoms with E-state index in [-0.39, 0.29) is 22.8 Å². The number of piperidine rings is 1. The molecular formula is C19H34N4O2. The van der Waals surface area contributed by atoms with E-state index in [9.17, 15) is 9.90 Å². The standard InChI is InChI=1S/C19H34N4O2/c1-3-20-17(22-12-18(2)8-5-4-7-15(18)24)23-10-6-9-19(14-23)11-16(25)21-13-19/h15,24H,3-14H2,1-2H3,(H,20,22)(H,21,25). The second kappa shape index (κ2) is 7.52. The lowest BCUT2D eigenvalue weighted by molar-refractivity contribution is -0.119. The Morgan fingerprint density at radius 2 is 2.24 bits per heavy atom. The van der Waals surface area contributed by atoms with Crippen molar-refractivity contribution >= 4 is 11.9 Å². The highest BCUT2D eigenvalue weighted by Crippen LogP contribution is 2.38. The molecule has 2 saturated heterocycles. The Bertz CT molecular complexity index is 524. The van der Waals surface area contributed by atoms with Crippen LogP contribution in [-0.2, 0) is 4.79 Å². The Labute approximate surface area is 151 Å². The van der Waals surface area contributed by atoms with Gasteiger partial charge < -0.3 is 20.6 Å². The van der Waals surface area contributed by atoms with E-state index in [1.807, 2.05) is 0 Å². The molecular weight excluding hydrogens is 316 g/mol. The van der Waals surface area contributed by atoms with Crippen LogP contribution in [0.15, 0.2) is 4.99 Å². The number of carbonyl (C=O) groups is 1. The van der Waals surface area contributed by atoms with Crippen molar-refractivity contribution in [3.8, 4) is 0 Å². The minimum atomic E-state index is -0.253. The SMILES string of the molecule is CCNC(=NCC1(C)CCCCC1O)N1CCCC2(CNC(=O)C2)C1. The Kier molecular flexibility index (Phi) is 5.56. The fourth-order valence-corrected chi connectivity index (χ4v) is 4.68. The van der Waals surface area contributed by atoms with E-state index in [1.165, 1.54) is 6.42 Å². The molecule has 3 aliphatic rings. The van der Waals surface area contributed by atoms with E-state index in [0.29, 0.717) is 13.0 Å². The number of rotatable bonds is 3. The zero-order valence-electron chi connectivity index (χ0n) is 15.8. The predicted molar refractivity (Wildman–Crippen MR) is 99.4 cm³/mol. The summed E-state index contributed by atoms with van der Waals surface area (Å²) >= 11 is 0. The maximum atomic E-state index is 11.7. The summed E-state index contributed by atoms with van der Waals surface area (Å²) in [5, 5.41) is 16.9. The summed E-state index contributed by atoms with van der Waals surface area (Å²) in [7, 11) is 0. The van der Waals surface area contributed by atoms with Crippen LogP contribution in [0.4, 0.5) is 0 Å². The molecule has 1 amide bonds. The molecule has 0 aromatic carbocycles. The molecule has 6 heteroatoms. The normalized spacial score (nSPS) is 36.6. The molecule has 3 atom stereocenters. The number of aliphatic imine (C=N–C) groups is 1. The van der Waals surface area contributed by atoms with Crippen LogP contribution in [0, 0.1) is 10.8 Å². The van der Waals surface area contributed by atoms with Crippen LogP contribution < -0.4 is 10.6 Å². The first-order chi connectivity index (χ1) is 12.0. The van der Waals surface area contributed by atoms with E-state index in [0.717, 1.165) is 64.2 Å². The van der Waals surface area contributed by atoms with Crippen LogP contribution in [0.25, 0.3) is 0 Å². The summed E-state index contributed by atoms with van der Waals surface area (Å²) < 4.78 is 0. The topological polar surface area (TPSA) is 77.0 Å². The maximum Gasteiger partial charge on any atom is 0.220 e. The molecule has 1 spiro atoms. The maximum absolute atomic E-state index is 11.7. The van der Waals surface area contributed by atoms with Crippen LogP contribution in [0.3, 0.4) is 0 Å². The predicted octanol–water partition coefficient (Wildman–Crippen LogP) is 1.50. The first-order valence-corrected chi connectivity index (χ1v) is 9.94. The Balaban J connectivity index is 1.70. The average Bonchev–Trinajstić information content (AvgIpc) is 2.94. The third-order valence-electron chi connectivity index (χ3n) is 6.36. The molecule has 0 aromatic heterocycles. The number of nitrogens with zero attached hydrogens (tertiary/aromatic N) is 2. The summed E-state index contributed by atoms with van der Waals surface area (Å²) in [6, 6.07) is 0. The van der Waals surface area contributed by atoms with Gasteiger partial charge in [0, 0.05) is 43.4 Å². The lowest BCUT2D eigenvalue weighted by atomic mass is 9.73. The number of guanidine groups is 1. The van der Waals surface area contributed by atoms with Gasteiger partial charge in [-0.1, -0.05) is 19.8 Å². The van der Waals surface area contributed by atoms with Crippen molar-refractivity contribution in [3.05, 3.63) is 0 Å². The van der Waals surface area contributed by atoms with Gasteiger partial charge in [-0.05, 0) is 32.6 Å². The number of amides is 1. The van der Waals surface area contributed by atoms with Gasteiger partial charge in [0.1, 0.15) is 0 Å². The number of hydrogen-bond donors (Lipinski definition) is 3. The molecule has 25 heavy (non-hydrogen) atoms. The van der Waals surface area contributed by atoms with Gasteiger partial charge in [0.05, 0.1) is 12.6 Å². The lowest BCUT2D eigenvalue weighted by Gasteiger charge is -2.41. The van der Waals surface area contributed by atoms with E-state index in [1.54, 1.807) is 0 Å². The van der Waals surface area contributed by atoms with Crippen LogP contribution in [0.1, 0.15) is 58.8 Å². The lowest BCUT2D eigenvalue weighted by Crippen LogP contribution is -2.51. The van der Waals surface area contributed by atoms with Crippen molar-refractivity contribution in [2.75, 3.05) is 32.7 Å². The molecule has 1 aliphatic carbocycles. The molecule has 0 aromatic rings. The molecule has 3 unspecified atom stereocenters. The van der Waals surface area contributed by atoms with Crippen molar-refractivity contribution in [1.82, 2.24) is 15.5 Å². The summed E-state index contributed by atoms with van der Waals surface area (Å²) in [4.78, 5) is 19.0. The highest BCUT2D eigenvalue weighted by atomic mass is 16.3. The quantitative estimate of drug-likeness (QED) is 0.532. The first-order valence-electron chi connectivity index (χ1n) is 9.94. The summed E-state index contributed by atoms with van der Waals surface area (Å²) in [5.74, 6) is 1.13. The van der Waals surface area contributed by atoms with Gasteiger partial charge in [-0.2, -0.15) is 0 Å². The van der Waals surface area contributed by atoms with Crippen LogP contribution >= 0.6 is 0 Å². The molecule has 2 aliphatic heterocycles. The fraction of sp³-hybridized carbons (Fsp3) is 0.895. The largest absolute Gasteiger partial charge is 0.392 e. The van der Waals surface area contributed by atoms with Gasteiger partial charge in [0.15, 0.2) is 5.96 Å². The summed E-state index contributed by atoms with van der Waals surface area (Å²) in [6.45, 7) is 8.42. The Morgan fingerprint density at radius 3 is 2.92 bits per heavy atom. The second-order valence-electron chi connectivity index (χ2n) is 8.56. The molecule has 142 valence electrons. The molecule has 2 heterocycles. The molecule has 6 nitrogen and oxygen atoms in total. The van der Waals surface area contributed by atoms with Gasteiger partial charge in [0.2, 0.25) is 5.91 Å². The fourth-order valence-electron chi connectivity index (χ4n) is 4.68. The summed E-state index contributed by atoms with van der Waals surface area (Å²) in [6.07, 6.45) is 6.83. The summed E-state index contributed by atoms with van der Waals surface area (Å²) in [5.41, 5.74) is -0.0446. The average molecular weight is 351 g/mol. The van der Waals surface area contributed by atoms with Crippen LogP contribution in [-0.4, -0.2) is 60.7 Å². The number of aliphatic hydroxyl groups is 1. The molecule has 1 saturated carbocycles. The number of nitrogens with one attached hydrogen (secondary N) is 2. The third-order valence-corrected chi connectivity index (χ3v) is 6.36. The monoisotopic (exact) mass is 350 g/mol. The van der Waals surface area contributed by atoms with Gasteiger partial charge >= 0.3 is 0 Å². The molecule has 3 rings (SSSR count). The van der Waals surface area contributed by atoms with E-state index >= 15 is 0 Å². The van der Waals surface area contributed by atoms with E-state index in [4.69, 9.17) is 4.99 Å². The molecule has 3 N–H and O–H groups in total. The zero-order valence-corrected chi connectivity index (χ0v) is 15.8. The van der Waals surface area contributed by atoms with Gasteiger partial charge in [-0.25, -0.2) is 0 Å². The second-order valence-corrected chi connectivity index (χ2v) is 8.56. The Morgan fingerprint density at radius 1 is 1.40 bits per heavy atom. The highest BCUT2D eigenvalue weighted by molar-refractivity contribution is 5.81. The van der Waals surface area contributed by atoms with Crippen molar-refractivity contribution in [2.45, 2.75) is 64.9 Å². The van der Waals surface area contributed by atoms with Crippen molar-refractivity contribution in [1.29, 1.82) is 0 Å². The van der Waals surface area contributed by atoms with E-state index < -0.39 is 0 Å². The van der Waals surface area contributed by atoms with Crippen molar-refractivity contribution in [2.24, 2.45) is 15.8 Å². The van der Waals surface area contributed by atoms with Gasteiger partial charge in [-0.3, -0.25) is 9.79 Å². The number of hydrogen-bond acceptors (Lipinski definition) is 3. The smallest absolute Gasteiger partial charge is 0.220 e. The Hall–Kier alpha value is -1.30.